The third kappa shape index (κ3) is 4.82. The Hall–Kier alpha value is -2.87. The van der Waals surface area contributed by atoms with Crippen LogP contribution in [0, 0.1) is 0 Å². The van der Waals surface area contributed by atoms with Crippen molar-refractivity contribution in [2.75, 3.05) is 18.0 Å². The number of anilines is 1. The van der Waals surface area contributed by atoms with E-state index >= 15 is 0 Å². The molecule has 0 atom stereocenters. The van der Waals surface area contributed by atoms with Crippen molar-refractivity contribution in [3.63, 3.8) is 0 Å². The average Bonchev–Trinajstić information content (AvgIpc) is 2.60. The Kier molecular flexibility index (Phi) is 6.13. The number of hydrogen-bond donors (Lipinski definition) is 0. The first-order chi connectivity index (χ1) is 11.2. The highest BCUT2D eigenvalue weighted by atomic mass is 16.1. The third-order valence-electron chi connectivity index (χ3n) is 3.44. The molecule has 2 nitrogen and oxygen atoms in total. The molecule has 0 fully saturated rings. The number of carbonyl (C=O) groups is 1. The molecule has 0 aliphatic heterocycles. The van der Waals surface area contributed by atoms with E-state index in [1.165, 1.54) is 0 Å². The third-order valence-corrected chi connectivity index (χ3v) is 3.44. The lowest BCUT2D eigenvalue weighted by Gasteiger charge is -2.21. The van der Waals surface area contributed by atoms with Crippen LogP contribution in [0.25, 0.3) is 6.08 Å². The molecular formula is C21H21NO. The number of nitrogens with zero attached hydrogens (tertiary/aromatic N) is 1. The molecule has 0 amide bonds. The molecule has 0 aromatic heterocycles. The lowest BCUT2D eigenvalue weighted by atomic mass is 10.1. The highest BCUT2D eigenvalue weighted by Gasteiger charge is 2.05. The van der Waals surface area contributed by atoms with Crippen molar-refractivity contribution in [2.24, 2.45) is 0 Å². The second-order valence-corrected chi connectivity index (χ2v) is 5.14. The van der Waals surface area contributed by atoms with Gasteiger partial charge in [0.05, 0.1) is 0 Å². The van der Waals surface area contributed by atoms with E-state index in [2.05, 4.69) is 18.1 Å². The topological polar surface area (TPSA) is 20.3 Å². The van der Waals surface area contributed by atoms with E-state index in [9.17, 15) is 4.79 Å². The van der Waals surface area contributed by atoms with Crippen LogP contribution in [0.3, 0.4) is 0 Å². The Morgan fingerprint density at radius 3 is 2.09 bits per heavy atom. The fourth-order valence-corrected chi connectivity index (χ4v) is 2.27. The van der Waals surface area contributed by atoms with Gasteiger partial charge in [-0.3, -0.25) is 4.79 Å². The first-order valence-electron chi connectivity index (χ1n) is 7.59. The van der Waals surface area contributed by atoms with Gasteiger partial charge in [-0.2, -0.15) is 0 Å². The van der Waals surface area contributed by atoms with Crippen LogP contribution in [0.4, 0.5) is 5.69 Å². The summed E-state index contributed by atoms with van der Waals surface area (Å²) in [7, 11) is 0. The summed E-state index contributed by atoms with van der Waals surface area (Å²) in [5.74, 6) is -0.000561. The summed E-state index contributed by atoms with van der Waals surface area (Å²) in [6, 6.07) is 17.4. The van der Waals surface area contributed by atoms with Crippen LogP contribution in [0.2, 0.25) is 0 Å². The predicted molar refractivity (Wildman–Crippen MR) is 98.9 cm³/mol. The number of rotatable bonds is 8. The molecule has 23 heavy (non-hydrogen) atoms. The Morgan fingerprint density at radius 1 is 0.913 bits per heavy atom. The number of ketones is 1. The molecule has 2 aromatic carbocycles. The van der Waals surface area contributed by atoms with Crippen LogP contribution >= 0.6 is 0 Å². The Balaban J connectivity index is 2.09. The number of allylic oxidation sites excluding steroid dienone is 1. The van der Waals surface area contributed by atoms with Gasteiger partial charge in [-0.15, -0.1) is 13.2 Å². The maximum absolute atomic E-state index is 12.2. The minimum Gasteiger partial charge on any atom is -0.364 e. The second kappa shape index (κ2) is 8.54. The Bertz CT molecular complexity index is 674. The van der Waals surface area contributed by atoms with Crippen molar-refractivity contribution in [3.05, 3.63) is 97.1 Å². The minimum atomic E-state index is -0.000561. The van der Waals surface area contributed by atoms with Gasteiger partial charge in [0.25, 0.3) is 0 Å². The van der Waals surface area contributed by atoms with Crippen molar-refractivity contribution in [1.29, 1.82) is 0 Å². The van der Waals surface area contributed by atoms with E-state index in [-0.39, 0.29) is 5.78 Å². The minimum absolute atomic E-state index is 0.000561. The standard InChI is InChI=1S/C21H21NO/c1-3-16-22(17-4-2)20-13-11-19(12-14-20)21(23)15-10-18-8-6-5-7-9-18/h3-15H,1-2,16-17H2. The highest BCUT2D eigenvalue weighted by molar-refractivity contribution is 6.06. The molecule has 0 spiro atoms. The summed E-state index contributed by atoms with van der Waals surface area (Å²) < 4.78 is 0. The Labute approximate surface area is 138 Å². The monoisotopic (exact) mass is 303 g/mol. The van der Waals surface area contributed by atoms with Gasteiger partial charge in [-0.25, -0.2) is 0 Å². The van der Waals surface area contributed by atoms with Gasteiger partial charge in [0.2, 0.25) is 0 Å². The molecule has 0 saturated heterocycles. The smallest absolute Gasteiger partial charge is 0.185 e. The molecule has 2 heteroatoms. The SMILES string of the molecule is C=CCN(CC=C)c1ccc(C(=O)C=Cc2ccccc2)cc1. The van der Waals surface area contributed by atoms with Crippen molar-refractivity contribution in [1.82, 2.24) is 0 Å². The molecule has 0 bridgehead atoms. The number of hydrogen-bond acceptors (Lipinski definition) is 2. The van der Waals surface area contributed by atoms with Crippen LogP contribution in [0.1, 0.15) is 15.9 Å². The lowest BCUT2D eigenvalue weighted by molar-refractivity contribution is 0.104. The van der Waals surface area contributed by atoms with Crippen molar-refractivity contribution >= 4 is 17.5 Å². The highest BCUT2D eigenvalue weighted by Crippen LogP contribution is 2.16. The average molecular weight is 303 g/mol. The first-order valence-corrected chi connectivity index (χ1v) is 7.59. The van der Waals surface area contributed by atoms with Gasteiger partial charge in [0, 0.05) is 24.3 Å². The van der Waals surface area contributed by atoms with E-state index in [0.29, 0.717) is 5.56 Å². The van der Waals surface area contributed by atoms with Crippen molar-refractivity contribution in [3.8, 4) is 0 Å². The molecule has 2 rings (SSSR count). The van der Waals surface area contributed by atoms with Gasteiger partial charge in [-0.05, 0) is 35.9 Å². The first kappa shape index (κ1) is 16.5. The summed E-state index contributed by atoms with van der Waals surface area (Å²) in [5.41, 5.74) is 2.74. The van der Waals surface area contributed by atoms with Gasteiger partial charge in [-0.1, -0.05) is 48.6 Å². The zero-order valence-corrected chi connectivity index (χ0v) is 13.2. The molecule has 0 aliphatic carbocycles. The zero-order valence-electron chi connectivity index (χ0n) is 13.2. The molecule has 0 N–H and O–H groups in total. The lowest BCUT2D eigenvalue weighted by Crippen LogP contribution is -2.22. The normalized spacial score (nSPS) is 10.4. The maximum Gasteiger partial charge on any atom is 0.185 e. The molecular weight excluding hydrogens is 282 g/mol. The van der Waals surface area contributed by atoms with E-state index < -0.39 is 0 Å². The fraction of sp³-hybridized carbons (Fsp3) is 0.0952. The summed E-state index contributed by atoms with van der Waals surface area (Å²) >= 11 is 0. The second-order valence-electron chi connectivity index (χ2n) is 5.14. The van der Waals surface area contributed by atoms with Gasteiger partial charge in [0.15, 0.2) is 5.78 Å². The maximum atomic E-state index is 12.2. The fourth-order valence-electron chi connectivity index (χ4n) is 2.27. The van der Waals surface area contributed by atoms with Crippen LogP contribution in [0.15, 0.2) is 86.0 Å². The van der Waals surface area contributed by atoms with E-state index in [1.54, 1.807) is 6.08 Å². The summed E-state index contributed by atoms with van der Waals surface area (Å²) in [4.78, 5) is 14.4. The molecule has 0 unspecified atom stereocenters. The Morgan fingerprint density at radius 2 is 1.52 bits per heavy atom. The van der Waals surface area contributed by atoms with E-state index in [1.807, 2.05) is 72.8 Å². The molecule has 0 heterocycles. The largest absolute Gasteiger partial charge is 0.364 e. The molecule has 116 valence electrons. The predicted octanol–water partition coefficient (Wildman–Crippen LogP) is 4.76. The van der Waals surface area contributed by atoms with Gasteiger partial charge in [0.1, 0.15) is 0 Å². The molecule has 0 saturated carbocycles. The van der Waals surface area contributed by atoms with Crippen LogP contribution in [-0.4, -0.2) is 18.9 Å². The number of benzene rings is 2. The van der Waals surface area contributed by atoms with Crippen LogP contribution in [-0.2, 0) is 0 Å². The van der Waals surface area contributed by atoms with Crippen LogP contribution < -0.4 is 4.90 Å². The van der Waals surface area contributed by atoms with Gasteiger partial charge < -0.3 is 4.90 Å². The van der Waals surface area contributed by atoms with Crippen molar-refractivity contribution < 1.29 is 4.79 Å². The quantitative estimate of drug-likeness (QED) is 0.398. The van der Waals surface area contributed by atoms with Crippen molar-refractivity contribution in [2.45, 2.75) is 0 Å². The van der Waals surface area contributed by atoms with Crippen LogP contribution in [0.5, 0.6) is 0 Å². The van der Waals surface area contributed by atoms with E-state index in [0.717, 1.165) is 24.3 Å². The van der Waals surface area contributed by atoms with Gasteiger partial charge >= 0.3 is 0 Å². The summed E-state index contributed by atoms with van der Waals surface area (Å²) in [5, 5.41) is 0. The zero-order chi connectivity index (χ0) is 16.5. The molecule has 0 aliphatic rings. The molecule has 2 aromatic rings. The summed E-state index contributed by atoms with van der Waals surface area (Å²) in [6.45, 7) is 9.02. The number of carbonyl (C=O) groups excluding carboxylic acids is 1. The molecule has 0 radical (unpaired) electrons. The summed E-state index contributed by atoms with van der Waals surface area (Å²) in [6.07, 6.45) is 7.14. The van der Waals surface area contributed by atoms with E-state index in [4.69, 9.17) is 0 Å².